The largest absolute Gasteiger partial charge is 0.394 e. The van der Waals surface area contributed by atoms with Gasteiger partial charge in [-0.15, -0.1) is 0 Å². The van der Waals surface area contributed by atoms with Gasteiger partial charge in [0.05, 0.1) is 12.6 Å². The average molecular weight is 285 g/mol. The van der Waals surface area contributed by atoms with E-state index in [4.69, 9.17) is 0 Å². The molecule has 1 unspecified atom stereocenters. The van der Waals surface area contributed by atoms with Crippen LogP contribution in [0.15, 0.2) is 30.3 Å². The lowest BCUT2D eigenvalue weighted by molar-refractivity contribution is -0.123. The van der Waals surface area contributed by atoms with Gasteiger partial charge in [0.2, 0.25) is 5.91 Å². The van der Waals surface area contributed by atoms with Crippen LogP contribution in [-0.2, 0) is 14.6 Å². The fraction of sp³-hybridized carbons (Fsp3) is 0.462. The summed E-state index contributed by atoms with van der Waals surface area (Å²) in [6.07, 6.45) is 1.02. The van der Waals surface area contributed by atoms with Gasteiger partial charge in [0, 0.05) is 6.26 Å². The Hall–Kier alpha value is -1.40. The highest BCUT2D eigenvalue weighted by molar-refractivity contribution is 7.92. The predicted molar refractivity (Wildman–Crippen MR) is 73.3 cm³/mol. The van der Waals surface area contributed by atoms with Gasteiger partial charge in [0.1, 0.15) is 4.75 Å². The molecule has 0 saturated carbocycles. The first kappa shape index (κ1) is 15.7. The molecule has 1 rings (SSSR count). The molecule has 0 heterocycles. The van der Waals surface area contributed by atoms with E-state index in [1.165, 1.54) is 13.8 Å². The topological polar surface area (TPSA) is 83.5 Å². The van der Waals surface area contributed by atoms with E-state index in [0.29, 0.717) is 0 Å². The van der Waals surface area contributed by atoms with Gasteiger partial charge >= 0.3 is 0 Å². The Balaban J connectivity index is 2.92. The number of hydrogen-bond donors (Lipinski definition) is 2. The van der Waals surface area contributed by atoms with E-state index in [9.17, 15) is 18.3 Å². The number of aliphatic hydroxyl groups is 1. The van der Waals surface area contributed by atoms with Crippen molar-refractivity contribution < 1.29 is 18.3 Å². The Morgan fingerprint density at radius 2 is 1.84 bits per heavy atom. The van der Waals surface area contributed by atoms with E-state index < -0.39 is 26.5 Å². The summed E-state index contributed by atoms with van der Waals surface area (Å²) >= 11 is 0. The molecular formula is C13H19NO4S. The number of carbonyl (C=O) groups is 1. The van der Waals surface area contributed by atoms with Gasteiger partial charge in [-0.3, -0.25) is 4.79 Å². The zero-order valence-electron chi connectivity index (χ0n) is 11.3. The van der Waals surface area contributed by atoms with Crippen molar-refractivity contribution in [1.82, 2.24) is 5.32 Å². The number of amides is 1. The fourth-order valence-electron chi connectivity index (χ4n) is 1.42. The molecular weight excluding hydrogens is 266 g/mol. The monoisotopic (exact) mass is 285 g/mol. The molecule has 0 aliphatic heterocycles. The Bertz CT molecular complexity index is 537. The normalized spacial score (nSPS) is 13.9. The second kappa shape index (κ2) is 5.71. The SMILES string of the molecule is CC(C)(C(=O)NC(CO)c1ccccc1)S(C)(=O)=O. The molecule has 19 heavy (non-hydrogen) atoms. The molecule has 1 amide bonds. The lowest BCUT2D eigenvalue weighted by Gasteiger charge is -2.25. The van der Waals surface area contributed by atoms with Crippen molar-refractivity contribution in [3.05, 3.63) is 35.9 Å². The molecule has 0 saturated heterocycles. The van der Waals surface area contributed by atoms with Crippen LogP contribution in [0.1, 0.15) is 25.5 Å². The number of rotatable bonds is 5. The minimum Gasteiger partial charge on any atom is -0.394 e. The molecule has 2 N–H and O–H groups in total. The average Bonchev–Trinajstić information content (AvgIpc) is 2.35. The third-order valence-electron chi connectivity index (χ3n) is 3.16. The van der Waals surface area contributed by atoms with Crippen LogP contribution in [0.2, 0.25) is 0 Å². The molecule has 1 aromatic rings. The second-order valence-electron chi connectivity index (χ2n) is 4.90. The van der Waals surface area contributed by atoms with Crippen LogP contribution in [0.4, 0.5) is 0 Å². The zero-order valence-corrected chi connectivity index (χ0v) is 12.1. The smallest absolute Gasteiger partial charge is 0.241 e. The molecule has 0 bridgehead atoms. The number of nitrogens with one attached hydrogen (secondary N) is 1. The van der Waals surface area contributed by atoms with Crippen molar-refractivity contribution in [2.24, 2.45) is 0 Å². The molecule has 106 valence electrons. The summed E-state index contributed by atoms with van der Waals surface area (Å²) in [5.41, 5.74) is 0.725. The van der Waals surface area contributed by atoms with Crippen molar-refractivity contribution in [2.75, 3.05) is 12.9 Å². The first-order valence-corrected chi connectivity index (χ1v) is 7.75. The molecule has 0 fully saturated rings. The summed E-state index contributed by atoms with van der Waals surface area (Å²) in [7, 11) is -3.53. The molecule has 6 heteroatoms. The van der Waals surface area contributed by atoms with Gasteiger partial charge in [-0.1, -0.05) is 30.3 Å². The molecule has 5 nitrogen and oxygen atoms in total. The van der Waals surface area contributed by atoms with Gasteiger partial charge in [-0.05, 0) is 19.4 Å². The van der Waals surface area contributed by atoms with Gasteiger partial charge in [0.15, 0.2) is 9.84 Å². The van der Waals surface area contributed by atoms with Crippen LogP contribution in [0.5, 0.6) is 0 Å². The van der Waals surface area contributed by atoms with E-state index >= 15 is 0 Å². The van der Waals surface area contributed by atoms with Crippen molar-refractivity contribution in [3.8, 4) is 0 Å². The second-order valence-corrected chi connectivity index (χ2v) is 7.47. The minimum atomic E-state index is -3.53. The van der Waals surface area contributed by atoms with Crippen LogP contribution in [0.3, 0.4) is 0 Å². The first-order valence-electron chi connectivity index (χ1n) is 5.86. The van der Waals surface area contributed by atoms with Crippen LogP contribution >= 0.6 is 0 Å². The Labute approximate surface area is 113 Å². The van der Waals surface area contributed by atoms with Gasteiger partial charge in [-0.25, -0.2) is 8.42 Å². The Morgan fingerprint density at radius 1 is 1.32 bits per heavy atom. The van der Waals surface area contributed by atoms with Crippen LogP contribution in [0, 0.1) is 0 Å². The number of hydrogen-bond acceptors (Lipinski definition) is 4. The lowest BCUT2D eigenvalue weighted by Crippen LogP contribution is -2.49. The number of aliphatic hydroxyl groups excluding tert-OH is 1. The van der Waals surface area contributed by atoms with Gasteiger partial charge in [-0.2, -0.15) is 0 Å². The number of benzene rings is 1. The first-order chi connectivity index (χ1) is 8.70. The Kier molecular flexibility index (Phi) is 4.70. The van der Waals surface area contributed by atoms with E-state index in [1.54, 1.807) is 24.3 Å². The summed E-state index contributed by atoms with van der Waals surface area (Å²) in [5.74, 6) is -0.627. The van der Waals surface area contributed by atoms with Crippen molar-refractivity contribution >= 4 is 15.7 Å². The highest BCUT2D eigenvalue weighted by atomic mass is 32.2. The summed E-state index contributed by atoms with van der Waals surface area (Å²) in [6.45, 7) is 2.39. The summed E-state index contributed by atoms with van der Waals surface area (Å²) in [4.78, 5) is 12.1. The lowest BCUT2D eigenvalue weighted by atomic mass is 10.1. The quantitative estimate of drug-likeness (QED) is 0.832. The van der Waals surface area contributed by atoms with E-state index in [2.05, 4.69) is 5.32 Å². The fourth-order valence-corrected chi connectivity index (χ4v) is 1.82. The highest BCUT2D eigenvalue weighted by Crippen LogP contribution is 2.18. The van der Waals surface area contributed by atoms with Crippen molar-refractivity contribution in [1.29, 1.82) is 0 Å². The predicted octanol–water partition coefficient (Wildman–Crippen LogP) is 0.659. The third kappa shape index (κ3) is 3.54. The van der Waals surface area contributed by atoms with Crippen molar-refractivity contribution in [2.45, 2.75) is 24.6 Å². The van der Waals surface area contributed by atoms with Gasteiger partial charge < -0.3 is 10.4 Å². The van der Waals surface area contributed by atoms with Crippen molar-refractivity contribution in [3.63, 3.8) is 0 Å². The molecule has 0 spiro atoms. The summed E-state index contributed by atoms with van der Waals surface area (Å²) in [6, 6.07) is 8.29. The van der Waals surface area contributed by atoms with Crippen LogP contribution in [0.25, 0.3) is 0 Å². The van der Waals surface area contributed by atoms with E-state index in [-0.39, 0.29) is 6.61 Å². The minimum absolute atomic E-state index is 0.296. The summed E-state index contributed by atoms with van der Waals surface area (Å²) < 4.78 is 21.6. The van der Waals surface area contributed by atoms with Crippen LogP contribution in [-0.4, -0.2) is 37.0 Å². The molecule has 0 aliphatic rings. The maximum Gasteiger partial charge on any atom is 0.241 e. The maximum absolute atomic E-state index is 12.1. The van der Waals surface area contributed by atoms with Crippen LogP contribution < -0.4 is 5.32 Å². The highest BCUT2D eigenvalue weighted by Gasteiger charge is 2.39. The molecule has 0 aliphatic carbocycles. The third-order valence-corrected chi connectivity index (χ3v) is 5.20. The number of sulfone groups is 1. The summed E-state index contributed by atoms with van der Waals surface area (Å²) in [5, 5.41) is 11.9. The van der Waals surface area contributed by atoms with Gasteiger partial charge in [0.25, 0.3) is 0 Å². The van der Waals surface area contributed by atoms with E-state index in [0.717, 1.165) is 11.8 Å². The molecule has 0 aromatic heterocycles. The Morgan fingerprint density at radius 3 is 2.26 bits per heavy atom. The van der Waals surface area contributed by atoms with E-state index in [1.807, 2.05) is 6.07 Å². The molecule has 0 radical (unpaired) electrons. The maximum atomic E-state index is 12.1. The molecule has 1 atom stereocenters. The standard InChI is InChI=1S/C13H19NO4S/c1-13(2,19(3,17)18)12(16)14-11(9-15)10-7-5-4-6-8-10/h4-8,11,15H,9H2,1-3H3,(H,14,16). The molecule has 1 aromatic carbocycles. The number of carbonyl (C=O) groups excluding carboxylic acids is 1. The zero-order chi connectivity index (χ0) is 14.7.